The maximum absolute atomic E-state index is 12.2. The molecule has 0 unspecified atom stereocenters. The van der Waals surface area contributed by atoms with Gasteiger partial charge in [0.05, 0.1) is 6.61 Å². The first kappa shape index (κ1) is 17.2. The van der Waals surface area contributed by atoms with E-state index < -0.39 is 6.09 Å². The Hall–Kier alpha value is -3.16. The third-order valence-electron chi connectivity index (χ3n) is 2.92. The zero-order chi connectivity index (χ0) is 17.5. The van der Waals surface area contributed by atoms with Crippen molar-refractivity contribution in [2.45, 2.75) is 20.8 Å². The SMILES string of the molecule is CCOC(=O)Nc1cccc(C(=O)NNc2nc(C)cc(C)n2)c1. The van der Waals surface area contributed by atoms with Crippen LogP contribution in [0.5, 0.6) is 0 Å². The topological polar surface area (TPSA) is 105 Å². The number of carbonyl (C=O) groups is 2. The van der Waals surface area contributed by atoms with E-state index in [0.29, 0.717) is 17.2 Å². The van der Waals surface area contributed by atoms with E-state index in [4.69, 9.17) is 4.74 Å². The Morgan fingerprint density at radius 2 is 1.83 bits per heavy atom. The van der Waals surface area contributed by atoms with Crippen LogP contribution in [0.25, 0.3) is 0 Å². The first-order chi connectivity index (χ1) is 11.5. The predicted molar refractivity (Wildman–Crippen MR) is 89.7 cm³/mol. The maximum atomic E-state index is 12.2. The average molecular weight is 329 g/mol. The van der Waals surface area contributed by atoms with E-state index in [-0.39, 0.29) is 12.5 Å². The van der Waals surface area contributed by atoms with Gasteiger partial charge < -0.3 is 4.74 Å². The van der Waals surface area contributed by atoms with Gasteiger partial charge in [-0.3, -0.25) is 21.0 Å². The van der Waals surface area contributed by atoms with Crippen molar-refractivity contribution in [2.24, 2.45) is 0 Å². The third kappa shape index (κ3) is 4.94. The monoisotopic (exact) mass is 329 g/mol. The third-order valence-corrected chi connectivity index (χ3v) is 2.92. The highest BCUT2D eigenvalue weighted by Gasteiger charge is 2.09. The Labute approximate surface area is 139 Å². The van der Waals surface area contributed by atoms with E-state index >= 15 is 0 Å². The molecule has 0 atom stereocenters. The van der Waals surface area contributed by atoms with Gasteiger partial charge in [-0.15, -0.1) is 0 Å². The summed E-state index contributed by atoms with van der Waals surface area (Å²) in [6.45, 7) is 5.66. The Morgan fingerprint density at radius 1 is 1.12 bits per heavy atom. The smallest absolute Gasteiger partial charge is 0.411 e. The molecule has 8 nitrogen and oxygen atoms in total. The summed E-state index contributed by atoms with van der Waals surface area (Å²) in [7, 11) is 0. The van der Waals surface area contributed by atoms with Gasteiger partial charge in [-0.25, -0.2) is 14.8 Å². The zero-order valence-corrected chi connectivity index (χ0v) is 13.7. The van der Waals surface area contributed by atoms with Gasteiger partial charge in [-0.05, 0) is 45.0 Å². The van der Waals surface area contributed by atoms with E-state index in [1.165, 1.54) is 6.07 Å². The molecule has 0 saturated carbocycles. The number of ether oxygens (including phenoxy) is 1. The molecule has 8 heteroatoms. The van der Waals surface area contributed by atoms with Crippen LogP contribution in [0.3, 0.4) is 0 Å². The molecule has 2 aromatic rings. The number of nitrogens with zero attached hydrogens (tertiary/aromatic N) is 2. The maximum Gasteiger partial charge on any atom is 0.411 e. The number of carbonyl (C=O) groups excluding carboxylic acids is 2. The van der Waals surface area contributed by atoms with Crippen molar-refractivity contribution in [1.29, 1.82) is 0 Å². The standard InChI is InChI=1S/C16H19N5O3/c1-4-24-16(23)19-13-7-5-6-12(9-13)14(22)20-21-15-17-10(2)8-11(3)18-15/h5-9H,4H2,1-3H3,(H,19,23)(H,20,22)(H,17,18,21). The second-order valence-electron chi connectivity index (χ2n) is 4.98. The van der Waals surface area contributed by atoms with Crippen LogP contribution in [-0.2, 0) is 4.74 Å². The number of anilines is 2. The van der Waals surface area contributed by atoms with Crippen LogP contribution < -0.4 is 16.2 Å². The van der Waals surface area contributed by atoms with Crippen LogP contribution >= 0.6 is 0 Å². The molecule has 0 aliphatic rings. The van der Waals surface area contributed by atoms with Gasteiger partial charge in [0.2, 0.25) is 5.95 Å². The van der Waals surface area contributed by atoms with E-state index in [1.54, 1.807) is 25.1 Å². The summed E-state index contributed by atoms with van der Waals surface area (Å²) in [6, 6.07) is 8.31. The minimum absolute atomic E-state index is 0.270. The Bertz CT molecular complexity index is 728. The molecule has 3 N–H and O–H groups in total. The summed E-state index contributed by atoms with van der Waals surface area (Å²) in [5.41, 5.74) is 7.60. The molecule has 0 aliphatic carbocycles. The molecule has 0 radical (unpaired) electrons. The fourth-order valence-electron chi connectivity index (χ4n) is 1.99. The molecule has 0 bridgehead atoms. The van der Waals surface area contributed by atoms with Crippen molar-refractivity contribution >= 4 is 23.6 Å². The Kier molecular flexibility index (Phi) is 5.67. The first-order valence-electron chi connectivity index (χ1n) is 7.40. The summed E-state index contributed by atoms with van der Waals surface area (Å²) in [4.78, 5) is 31.9. The summed E-state index contributed by atoms with van der Waals surface area (Å²) in [5, 5.41) is 2.54. The van der Waals surface area contributed by atoms with E-state index in [1.807, 2.05) is 19.9 Å². The van der Waals surface area contributed by atoms with Crippen molar-refractivity contribution in [2.75, 3.05) is 17.3 Å². The van der Waals surface area contributed by atoms with E-state index in [0.717, 1.165) is 11.4 Å². The number of hydrogen-bond acceptors (Lipinski definition) is 6. The van der Waals surface area contributed by atoms with Crippen LogP contribution in [0.1, 0.15) is 28.7 Å². The molecule has 0 spiro atoms. The molecule has 0 aliphatic heterocycles. The Morgan fingerprint density at radius 3 is 2.50 bits per heavy atom. The van der Waals surface area contributed by atoms with Crippen LogP contribution in [0.15, 0.2) is 30.3 Å². The average Bonchev–Trinajstić information content (AvgIpc) is 2.52. The molecule has 2 amide bonds. The second kappa shape index (κ2) is 7.91. The molecular formula is C16H19N5O3. The fraction of sp³-hybridized carbons (Fsp3) is 0.250. The van der Waals surface area contributed by atoms with Crippen molar-refractivity contribution in [1.82, 2.24) is 15.4 Å². The zero-order valence-electron chi connectivity index (χ0n) is 13.7. The molecular weight excluding hydrogens is 310 g/mol. The quantitative estimate of drug-likeness (QED) is 0.728. The molecule has 1 aromatic carbocycles. The van der Waals surface area contributed by atoms with Gasteiger partial charge in [-0.2, -0.15) is 0 Å². The minimum Gasteiger partial charge on any atom is -0.450 e. The van der Waals surface area contributed by atoms with Crippen LogP contribution in [0.2, 0.25) is 0 Å². The van der Waals surface area contributed by atoms with Gasteiger partial charge in [0.1, 0.15) is 0 Å². The minimum atomic E-state index is -0.572. The highest BCUT2D eigenvalue weighted by atomic mass is 16.5. The normalized spacial score (nSPS) is 9.96. The summed E-state index contributed by atoms with van der Waals surface area (Å²) in [6.07, 6.45) is -0.572. The van der Waals surface area contributed by atoms with Gasteiger partial charge in [0.15, 0.2) is 0 Å². The number of nitrogens with one attached hydrogen (secondary N) is 3. The van der Waals surface area contributed by atoms with Crippen LogP contribution in [0, 0.1) is 13.8 Å². The molecule has 0 saturated heterocycles. The number of hydrogen-bond donors (Lipinski definition) is 3. The van der Waals surface area contributed by atoms with Crippen molar-refractivity contribution in [3.63, 3.8) is 0 Å². The summed E-state index contributed by atoms with van der Waals surface area (Å²) < 4.78 is 4.79. The first-order valence-corrected chi connectivity index (χ1v) is 7.40. The highest BCUT2D eigenvalue weighted by molar-refractivity contribution is 5.96. The molecule has 24 heavy (non-hydrogen) atoms. The van der Waals surface area contributed by atoms with Gasteiger partial charge in [-0.1, -0.05) is 6.07 Å². The van der Waals surface area contributed by atoms with Gasteiger partial charge in [0, 0.05) is 22.6 Å². The Balaban J connectivity index is 2.00. The number of aryl methyl sites for hydroxylation is 2. The number of amides is 2. The van der Waals surface area contributed by atoms with Crippen molar-refractivity contribution in [3.8, 4) is 0 Å². The number of rotatable bonds is 5. The van der Waals surface area contributed by atoms with Crippen LogP contribution in [0.4, 0.5) is 16.4 Å². The molecule has 1 aromatic heterocycles. The number of aromatic nitrogens is 2. The van der Waals surface area contributed by atoms with Gasteiger partial charge in [0.25, 0.3) is 5.91 Å². The summed E-state index contributed by atoms with van der Waals surface area (Å²) >= 11 is 0. The number of hydrazine groups is 1. The van der Waals surface area contributed by atoms with Gasteiger partial charge >= 0.3 is 6.09 Å². The lowest BCUT2D eigenvalue weighted by Gasteiger charge is -2.10. The molecule has 1 heterocycles. The van der Waals surface area contributed by atoms with E-state index in [2.05, 4.69) is 26.1 Å². The lowest BCUT2D eigenvalue weighted by molar-refractivity contribution is 0.0962. The largest absolute Gasteiger partial charge is 0.450 e. The molecule has 126 valence electrons. The van der Waals surface area contributed by atoms with Crippen molar-refractivity contribution < 1.29 is 14.3 Å². The lowest BCUT2D eigenvalue weighted by Crippen LogP contribution is -2.30. The molecule has 2 rings (SSSR count). The predicted octanol–water partition coefficient (Wildman–Crippen LogP) is 2.42. The number of benzene rings is 1. The highest BCUT2D eigenvalue weighted by Crippen LogP contribution is 2.11. The molecule has 0 fully saturated rings. The fourth-order valence-corrected chi connectivity index (χ4v) is 1.99. The van der Waals surface area contributed by atoms with Crippen molar-refractivity contribution in [3.05, 3.63) is 47.3 Å². The second-order valence-corrected chi connectivity index (χ2v) is 4.98. The lowest BCUT2D eigenvalue weighted by atomic mass is 10.2. The van der Waals surface area contributed by atoms with Crippen LogP contribution in [-0.4, -0.2) is 28.6 Å². The van der Waals surface area contributed by atoms with E-state index in [9.17, 15) is 9.59 Å². The summed E-state index contributed by atoms with van der Waals surface area (Å²) in [5.74, 6) is -0.0769.